The Morgan fingerprint density at radius 1 is 1.00 bits per heavy atom. The number of imide groups is 1. The highest BCUT2D eigenvalue weighted by molar-refractivity contribution is 7.09. The molecule has 2 amide bonds. The molecule has 1 aromatic heterocycles. The molecule has 0 aromatic carbocycles. The van der Waals surface area contributed by atoms with Crippen LogP contribution in [0.3, 0.4) is 0 Å². The molecule has 194 valence electrons. The van der Waals surface area contributed by atoms with Gasteiger partial charge in [-0.2, -0.15) is 0 Å². The van der Waals surface area contributed by atoms with Gasteiger partial charge in [0.05, 0.1) is 13.2 Å². The maximum absolute atomic E-state index is 13.2. The molecule has 0 unspecified atom stereocenters. The van der Waals surface area contributed by atoms with Gasteiger partial charge in [0.25, 0.3) is 0 Å². The summed E-state index contributed by atoms with van der Waals surface area (Å²) in [4.78, 5) is 43.5. The second-order valence-electron chi connectivity index (χ2n) is 10.0. The number of esters is 1. The topological polar surface area (TPSA) is 113 Å². The lowest BCUT2D eigenvalue weighted by Gasteiger charge is -2.36. The third kappa shape index (κ3) is 9.55. The molecule has 0 saturated heterocycles. The van der Waals surface area contributed by atoms with E-state index in [4.69, 9.17) is 23.7 Å². The van der Waals surface area contributed by atoms with Crippen molar-refractivity contribution >= 4 is 29.5 Å². The first-order valence-electron chi connectivity index (χ1n) is 11.0. The average molecular weight is 503 g/mol. The molecular weight excluding hydrogens is 464 g/mol. The molecular formula is C23H38N2O8S. The molecule has 1 aromatic rings. The lowest BCUT2D eigenvalue weighted by atomic mass is 9.96. The monoisotopic (exact) mass is 502 g/mol. The number of hydrogen-bond acceptors (Lipinski definition) is 10. The second-order valence-corrected chi connectivity index (χ2v) is 10.9. The van der Waals surface area contributed by atoms with Crippen molar-refractivity contribution in [3.05, 3.63) is 16.1 Å². The summed E-state index contributed by atoms with van der Waals surface area (Å²) >= 11 is 1.21. The Morgan fingerprint density at radius 2 is 1.53 bits per heavy atom. The molecule has 10 nitrogen and oxygen atoms in total. The summed E-state index contributed by atoms with van der Waals surface area (Å²) in [7, 11) is 2.75. The maximum Gasteiger partial charge on any atom is 0.420 e. The van der Waals surface area contributed by atoms with Crippen molar-refractivity contribution in [2.24, 2.45) is 5.92 Å². The number of rotatable bonds is 9. The number of aromatic nitrogens is 1. The zero-order valence-corrected chi connectivity index (χ0v) is 22.6. The molecule has 0 spiro atoms. The largest absolute Gasteiger partial charge is 0.464 e. The molecule has 0 fully saturated rings. The lowest BCUT2D eigenvalue weighted by molar-refractivity contribution is -0.0855. The number of methoxy groups -OCH3 is 2. The van der Waals surface area contributed by atoms with Gasteiger partial charge in [-0.05, 0) is 47.5 Å². The SMILES string of the molecule is COCO[C@H](C[C@H](C(C)C)N(C(=O)OC(C)(C)C)C(=O)OC(C)(C)C)c1nc(C(=O)OC)cs1. The van der Waals surface area contributed by atoms with Gasteiger partial charge in [0.2, 0.25) is 0 Å². The van der Waals surface area contributed by atoms with Crippen LogP contribution in [-0.4, -0.2) is 66.3 Å². The fourth-order valence-electron chi connectivity index (χ4n) is 2.89. The predicted molar refractivity (Wildman–Crippen MR) is 127 cm³/mol. The molecule has 1 rings (SSSR count). The Balaban J connectivity index is 3.39. The van der Waals surface area contributed by atoms with Crippen molar-refractivity contribution in [3.63, 3.8) is 0 Å². The van der Waals surface area contributed by atoms with Crippen LogP contribution in [-0.2, 0) is 23.7 Å². The molecule has 0 aliphatic heterocycles. The molecule has 0 aliphatic carbocycles. The van der Waals surface area contributed by atoms with E-state index in [9.17, 15) is 14.4 Å². The van der Waals surface area contributed by atoms with Crippen molar-refractivity contribution < 1.29 is 38.1 Å². The minimum Gasteiger partial charge on any atom is -0.464 e. The molecule has 34 heavy (non-hydrogen) atoms. The maximum atomic E-state index is 13.2. The van der Waals surface area contributed by atoms with Crippen LogP contribution in [0.1, 0.15) is 83.4 Å². The Labute approximate surface area is 205 Å². The van der Waals surface area contributed by atoms with Crippen LogP contribution >= 0.6 is 11.3 Å². The van der Waals surface area contributed by atoms with Crippen molar-refractivity contribution in [3.8, 4) is 0 Å². The van der Waals surface area contributed by atoms with E-state index >= 15 is 0 Å². The highest BCUT2D eigenvalue weighted by Gasteiger charge is 2.40. The average Bonchev–Trinajstić information content (AvgIpc) is 3.16. The highest BCUT2D eigenvalue weighted by Crippen LogP contribution is 2.32. The van der Waals surface area contributed by atoms with E-state index < -0.39 is 41.5 Å². The molecule has 0 saturated carbocycles. The Kier molecular flexibility index (Phi) is 10.9. The van der Waals surface area contributed by atoms with Gasteiger partial charge in [-0.1, -0.05) is 13.8 Å². The van der Waals surface area contributed by atoms with Crippen LogP contribution in [0.25, 0.3) is 0 Å². The molecule has 0 radical (unpaired) electrons. The van der Waals surface area contributed by atoms with Crippen molar-refractivity contribution in [2.45, 2.75) is 85.2 Å². The smallest absolute Gasteiger partial charge is 0.420 e. The van der Waals surface area contributed by atoms with E-state index in [1.807, 2.05) is 13.8 Å². The van der Waals surface area contributed by atoms with Crippen LogP contribution < -0.4 is 0 Å². The second kappa shape index (κ2) is 12.5. The number of nitrogens with zero attached hydrogens (tertiary/aromatic N) is 2. The number of hydrogen-bond donors (Lipinski definition) is 0. The van der Waals surface area contributed by atoms with Crippen molar-refractivity contribution in [1.82, 2.24) is 9.88 Å². The molecule has 2 atom stereocenters. The van der Waals surface area contributed by atoms with Crippen LogP contribution in [0.2, 0.25) is 0 Å². The summed E-state index contributed by atoms with van der Waals surface area (Å²) in [6.45, 7) is 14.0. The minimum atomic E-state index is -0.824. The van der Waals surface area contributed by atoms with Crippen molar-refractivity contribution in [2.75, 3.05) is 21.0 Å². The Bertz CT molecular complexity index is 798. The summed E-state index contributed by atoms with van der Waals surface area (Å²) in [5.41, 5.74) is -1.50. The predicted octanol–water partition coefficient (Wildman–Crippen LogP) is 5.18. The molecule has 11 heteroatoms. The fourth-order valence-corrected chi connectivity index (χ4v) is 3.74. The number of carbonyl (C=O) groups excluding carboxylic acids is 3. The fraction of sp³-hybridized carbons (Fsp3) is 0.739. The first-order chi connectivity index (χ1) is 15.6. The summed E-state index contributed by atoms with van der Waals surface area (Å²) in [6, 6.07) is -0.669. The quantitative estimate of drug-likeness (QED) is 0.256. The number of amides is 2. The van der Waals surface area contributed by atoms with E-state index in [0.717, 1.165) is 4.90 Å². The summed E-state index contributed by atoms with van der Waals surface area (Å²) in [5, 5.41) is 2.05. The first kappa shape index (κ1) is 29.8. The van der Waals surface area contributed by atoms with Gasteiger partial charge in [-0.25, -0.2) is 24.3 Å². The van der Waals surface area contributed by atoms with E-state index in [1.54, 1.807) is 46.9 Å². The van der Waals surface area contributed by atoms with E-state index in [-0.39, 0.29) is 24.8 Å². The molecule has 0 aliphatic rings. The van der Waals surface area contributed by atoms with Gasteiger partial charge in [-0.15, -0.1) is 11.3 Å². The third-order valence-corrected chi connectivity index (χ3v) is 5.25. The van der Waals surface area contributed by atoms with E-state index in [2.05, 4.69) is 4.98 Å². The number of ether oxygens (including phenoxy) is 5. The molecule has 0 N–H and O–H groups in total. The van der Waals surface area contributed by atoms with Crippen LogP contribution in [0, 0.1) is 5.92 Å². The minimum absolute atomic E-state index is 0.0541. The van der Waals surface area contributed by atoms with Gasteiger partial charge in [0, 0.05) is 18.9 Å². The zero-order chi connectivity index (χ0) is 26.3. The van der Waals surface area contributed by atoms with Crippen LogP contribution in [0.15, 0.2) is 5.38 Å². The van der Waals surface area contributed by atoms with Gasteiger partial charge in [0.1, 0.15) is 29.1 Å². The van der Waals surface area contributed by atoms with E-state index in [0.29, 0.717) is 5.01 Å². The Hall–Kier alpha value is -2.24. The van der Waals surface area contributed by atoms with Crippen LogP contribution in [0.4, 0.5) is 9.59 Å². The lowest BCUT2D eigenvalue weighted by Crippen LogP contribution is -2.51. The van der Waals surface area contributed by atoms with Gasteiger partial charge >= 0.3 is 18.2 Å². The van der Waals surface area contributed by atoms with E-state index in [1.165, 1.54) is 25.6 Å². The number of carbonyl (C=O) groups is 3. The molecule has 0 bridgehead atoms. The first-order valence-corrected chi connectivity index (χ1v) is 11.9. The van der Waals surface area contributed by atoms with Gasteiger partial charge in [-0.3, -0.25) is 0 Å². The summed E-state index contributed by atoms with van der Waals surface area (Å²) in [6.07, 6.45) is -2.14. The number of thiazole rings is 1. The standard InChI is InChI=1S/C23H38N2O8S/c1-14(2)16(25(20(27)32-22(3,4)5)21(28)33-23(6,7)8)11-17(31-13-29-9)18-24-15(12-34-18)19(26)30-10/h12,14,16-17H,11,13H2,1-10H3/t16-,17-/m1/s1. The zero-order valence-electron chi connectivity index (χ0n) is 21.8. The highest BCUT2D eigenvalue weighted by atomic mass is 32.1. The Morgan fingerprint density at radius 3 is 1.94 bits per heavy atom. The molecule has 1 heterocycles. The summed E-state index contributed by atoms with van der Waals surface area (Å²) < 4.78 is 26.7. The van der Waals surface area contributed by atoms with Crippen LogP contribution in [0.5, 0.6) is 0 Å². The van der Waals surface area contributed by atoms with Gasteiger partial charge < -0.3 is 23.7 Å². The third-order valence-electron chi connectivity index (χ3n) is 4.32. The normalized spacial score (nSPS) is 13.9. The van der Waals surface area contributed by atoms with Crippen molar-refractivity contribution in [1.29, 1.82) is 0 Å². The van der Waals surface area contributed by atoms with Gasteiger partial charge in [0.15, 0.2) is 5.69 Å². The summed E-state index contributed by atoms with van der Waals surface area (Å²) in [5.74, 6) is -0.758.